The number of hydrogen-bond acceptors (Lipinski definition) is 2. The molecular formula is C16H12ClNO2. The highest BCUT2D eigenvalue weighted by molar-refractivity contribution is 6.30. The summed E-state index contributed by atoms with van der Waals surface area (Å²) in [4.78, 5) is 12.5. The molecule has 2 aromatic carbocycles. The van der Waals surface area contributed by atoms with Gasteiger partial charge in [0, 0.05) is 22.3 Å². The third kappa shape index (κ3) is 2.17. The van der Waals surface area contributed by atoms with E-state index in [0.29, 0.717) is 10.4 Å². The molecule has 0 spiro atoms. The molecule has 0 amide bonds. The molecule has 1 heterocycles. The molecule has 0 saturated heterocycles. The Morgan fingerprint density at radius 1 is 1.05 bits per heavy atom. The molecule has 4 heteroatoms. The summed E-state index contributed by atoms with van der Waals surface area (Å²) in [7, 11) is 1.61. The number of rotatable bonds is 2. The number of aromatic nitrogens is 1. The second kappa shape index (κ2) is 5.02. The molecule has 100 valence electrons. The fraction of sp³-hybridized carbons (Fsp3) is 0.0625. The summed E-state index contributed by atoms with van der Waals surface area (Å²) in [6, 6.07) is 14.5. The minimum Gasteiger partial charge on any atom is -0.497 e. The van der Waals surface area contributed by atoms with Gasteiger partial charge in [-0.15, -0.1) is 0 Å². The molecule has 0 aliphatic carbocycles. The van der Waals surface area contributed by atoms with Crippen LogP contribution >= 0.6 is 11.6 Å². The third-order valence-electron chi connectivity index (χ3n) is 3.22. The standard InChI is InChI=1S/C16H12ClNO2/c1-20-14-6-7-15-11(10-14)8-9-18(16(15)19)13-4-2-12(17)3-5-13/h2-10H,1H3. The van der Waals surface area contributed by atoms with Crippen LogP contribution in [0.3, 0.4) is 0 Å². The van der Waals surface area contributed by atoms with E-state index in [9.17, 15) is 4.79 Å². The zero-order valence-electron chi connectivity index (χ0n) is 10.8. The van der Waals surface area contributed by atoms with E-state index >= 15 is 0 Å². The van der Waals surface area contributed by atoms with Crippen molar-refractivity contribution < 1.29 is 4.74 Å². The van der Waals surface area contributed by atoms with Crippen molar-refractivity contribution in [2.24, 2.45) is 0 Å². The summed E-state index contributed by atoms with van der Waals surface area (Å²) in [5.41, 5.74) is 0.726. The Labute approximate surface area is 121 Å². The first-order valence-electron chi connectivity index (χ1n) is 6.14. The molecule has 0 atom stereocenters. The maximum Gasteiger partial charge on any atom is 0.262 e. The molecule has 1 aromatic heterocycles. The van der Waals surface area contributed by atoms with Gasteiger partial charge in [0.15, 0.2) is 0 Å². The Morgan fingerprint density at radius 3 is 2.50 bits per heavy atom. The first-order valence-corrected chi connectivity index (χ1v) is 6.52. The molecule has 0 N–H and O–H groups in total. The van der Waals surface area contributed by atoms with E-state index in [4.69, 9.17) is 16.3 Å². The minimum absolute atomic E-state index is 0.0625. The third-order valence-corrected chi connectivity index (χ3v) is 3.47. The van der Waals surface area contributed by atoms with Gasteiger partial charge >= 0.3 is 0 Å². The highest BCUT2D eigenvalue weighted by Gasteiger charge is 2.05. The Balaban J connectivity index is 2.21. The summed E-state index contributed by atoms with van der Waals surface area (Å²) in [5.74, 6) is 0.737. The van der Waals surface area contributed by atoms with E-state index in [1.54, 1.807) is 42.1 Å². The highest BCUT2D eigenvalue weighted by Crippen LogP contribution is 2.19. The van der Waals surface area contributed by atoms with E-state index in [1.165, 1.54) is 0 Å². The van der Waals surface area contributed by atoms with E-state index in [1.807, 2.05) is 24.3 Å². The van der Waals surface area contributed by atoms with Gasteiger partial charge in [0.2, 0.25) is 0 Å². The second-order valence-electron chi connectivity index (χ2n) is 4.42. The quantitative estimate of drug-likeness (QED) is 0.720. The number of hydrogen-bond donors (Lipinski definition) is 0. The van der Waals surface area contributed by atoms with Crippen LogP contribution in [0.4, 0.5) is 0 Å². The number of pyridine rings is 1. The van der Waals surface area contributed by atoms with E-state index < -0.39 is 0 Å². The predicted octanol–water partition coefficient (Wildman–Crippen LogP) is 3.65. The lowest BCUT2D eigenvalue weighted by atomic mass is 10.1. The molecular weight excluding hydrogens is 274 g/mol. The van der Waals surface area contributed by atoms with Crippen LogP contribution in [-0.4, -0.2) is 11.7 Å². The Kier molecular flexibility index (Phi) is 3.20. The lowest BCUT2D eigenvalue weighted by Crippen LogP contribution is -2.17. The molecule has 20 heavy (non-hydrogen) atoms. The first kappa shape index (κ1) is 12.8. The Morgan fingerprint density at radius 2 is 1.80 bits per heavy atom. The molecule has 0 unspecified atom stereocenters. The van der Waals surface area contributed by atoms with Crippen molar-refractivity contribution in [3.63, 3.8) is 0 Å². The van der Waals surface area contributed by atoms with E-state index in [0.717, 1.165) is 16.8 Å². The van der Waals surface area contributed by atoms with Gasteiger partial charge in [-0.05, 0) is 53.9 Å². The molecule has 3 nitrogen and oxygen atoms in total. The minimum atomic E-state index is -0.0625. The van der Waals surface area contributed by atoms with Gasteiger partial charge in [-0.1, -0.05) is 11.6 Å². The number of benzene rings is 2. The summed E-state index contributed by atoms with van der Waals surface area (Å²) in [6.07, 6.45) is 1.76. The fourth-order valence-electron chi connectivity index (χ4n) is 2.16. The fourth-order valence-corrected chi connectivity index (χ4v) is 2.28. The lowest BCUT2D eigenvalue weighted by Gasteiger charge is -2.08. The summed E-state index contributed by atoms with van der Waals surface area (Å²) >= 11 is 5.87. The molecule has 0 bridgehead atoms. The van der Waals surface area contributed by atoms with Crippen LogP contribution < -0.4 is 10.3 Å². The normalized spacial score (nSPS) is 10.7. The van der Waals surface area contributed by atoms with Crippen LogP contribution in [0.15, 0.2) is 59.5 Å². The van der Waals surface area contributed by atoms with Gasteiger partial charge in [-0.2, -0.15) is 0 Å². The van der Waals surface area contributed by atoms with Gasteiger partial charge in [0.25, 0.3) is 5.56 Å². The molecule has 0 saturated carbocycles. The maximum atomic E-state index is 12.5. The van der Waals surface area contributed by atoms with Crippen LogP contribution in [-0.2, 0) is 0 Å². The van der Waals surface area contributed by atoms with Crippen molar-refractivity contribution in [1.82, 2.24) is 4.57 Å². The molecule has 0 fully saturated rings. The number of methoxy groups -OCH3 is 1. The smallest absolute Gasteiger partial charge is 0.262 e. The van der Waals surface area contributed by atoms with Crippen molar-refractivity contribution >= 4 is 22.4 Å². The zero-order valence-corrected chi connectivity index (χ0v) is 11.6. The summed E-state index contributed by atoms with van der Waals surface area (Å²) in [6.45, 7) is 0. The molecule has 0 aliphatic heterocycles. The van der Waals surface area contributed by atoms with Crippen molar-refractivity contribution in [3.05, 3.63) is 70.1 Å². The number of fused-ring (bicyclic) bond motifs is 1. The molecule has 0 aliphatic rings. The van der Waals surface area contributed by atoms with Gasteiger partial charge in [-0.25, -0.2) is 0 Å². The van der Waals surface area contributed by atoms with Gasteiger partial charge in [-0.3, -0.25) is 9.36 Å². The second-order valence-corrected chi connectivity index (χ2v) is 4.86. The zero-order chi connectivity index (χ0) is 14.1. The van der Waals surface area contributed by atoms with Crippen LogP contribution in [0.2, 0.25) is 5.02 Å². The van der Waals surface area contributed by atoms with E-state index in [-0.39, 0.29) is 5.56 Å². The number of ether oxygens (including phenoxy) is 1. The SMILES string of the molecule is COc1ccc2c(=O)n(-c3ccc(Cl)cc3)ccc2c1. The van der Waals surface area contributed by atoms with Crippen molar-refractivity contribution in [2.75, 3.05) is 7.11 Å². The largest absolute Gasteiger partial charge is 0.497 e. The number of halogens is 1. The van der Waals surface area contributed by atoms with Gasteiger partial charge in [0.1, 0.15) is 5.75 Å². The van der Waals surface area contributed by atoms with Crippen LogP contribution in [0.5, 0.6) is 5.75 Å². The number of nitrogens with zero attached hydrogens (tertiary/aromatic N) is 1. The van der Waals surface area contributed by atoms with Crippen molar-refractivity contribution in [1.29, 1.82) is 0 Å². The van der Waals surface area contributed by atoms with Crippen LogP contribution in [0.1, 0.15) is 0 Å². The molecule has 0 radical (unpaired) electrons. The van der Waals surface area contributed by atoms with Crippen LogP contribution in [0.25, 0.3) is 16.5 Å². The van der Waals surface area contributed by atoms with Gasteiger partial charge < -0.3 is 4.74 Å². The lowest BCUT2D eigenvalue weighted by molar-refractivity contribution is 0.415. The van der Waals surface area contributed by atoms with Gasteiger partial charge in [0.05, 0.1) is 7.11 Å². The highest BCUT2D eigenvalue weighted by atomic mass is 35.5. The monoisotopic (exact) mass is 285 g/mol. The predicted molar refractivity (Wildman–Crippen MR) is 81.1 cm³/mol. The first-order chi connectivity index (χ1) is 9.69. The summed E-state index contributed by atoms with van der Waals surface area (Å²) in [5, 5.41) is 2.16. The Hall–Kier alpha value is -2.26. The average molecular weight is 286 g/mol. The van der Waals surface area contributed by atoms with Crippen molar-refractivity contribution in [2.45, 2.75) is 0 Å². The molecule has 3 rings (SSSR count). The Bertz CT molecular complexity index is 822. The molecule has 3 aromatic rings. The topological polar surface area (TPSA) is 31.2 Å². The summed E-state index contributed by atoms with van der Waals surface area (Å²) < 4.78 is 6.77. The van der Waals surface area contributed by atoms with E-state index in [2.05, 4.69) is 0 Å². The maximum absolute atomic E-state index is 12.5. The van der Waals surface area contributed by atoms with Crippen LogP contribution in [0, 0.1) is 0 Å². The van der Waals surface area contributed by atoms with Crippen molar-refractivity contribution in [3.8, 4) is 11.4 Å². The average Bonchev–Trinajstić information content (AvgIpc) is 2.48.